The Hall–Kier alpha value is -2.12. The van der Waals surface area contributed by atoms with Crippen LogP contribution < -0.4 is 10.6 Å². The molecule has 0 aliphatic carbocycles. The summed E-state index contributed by atoms with van der Waals surface area (Å²) in [6, 6.07) is -1.83. The minimum absolute atomic E-state index is 0.0719. The third kappa shape index (κ3) is 5.19. The van der Waals surface area contributed by atoms with Crippen LogP contribution in [-0.4, -0.2) is 60.3 Å². The third-order valence-corrected chi connectivity index (χ3v) is 4.82. The lowest BCUT2D eigenvalue weighted by molar-refractivity contribution is -0.141. The Morgan fingerprint density at radius 2 is 2.04 bits per heavy atom. The maximum absolute atomic E-state index is 14.0. The minimum Gasteiger partial charge on any atom is -0.453 e. The summed E-state index contributed by atoms with van der Waals surface area (Å²) in [4.78, 5) is 38.3. The largest absolute Gasteiger partial charge is 0.453 e. The summed E-state index contributed by atoms with van der Waals surface area (Å²) < 4.78 is 18.6. The molecule has 0 radical (unpaired) electrons. The van der Waals surface area contributed by atoms with E-state index in [0.29, 0.717) is 6.42 Å². The van der Waals surface area contributed by atoms with Gasteiger partial charge in [-0.2, -0.15) is 0 Å². The molecule has 1 rings (SSSR count). The molecule has 26 heavy (non-hydrogen) atoms. The van der Waals surface area contributed by atoms with Crippen molar-refractivity contribution in [3.8, 4) is 0 Å². The molecule has 148 valence electrons. The van der Waals surface area contributed by atoms with Crippen LogP contribution in [0.4, 0.5) is 9.18 Å². The van der Waals surface area contributed by atoms with Gasteiger partial charge in [0.25, 0.3) is 0 Å². The lowest BCUT2D eigenvalue weighted by Gasteiger charge is -2.32. The van der Waals surface area contributed by atoms with Gasteiger partial charge in [0, 0.05) is 6.42 Å². The standard InChI is InChI=1S/C18H30FN3O4/c1-7-18(5,8-2)21-15(23)13-9-12(19)10-22(13)16(24)14(11(3)4)20-17(25)26-6/h7,11-14H,1,8-10H2,2-6H3,(H,20,25)(H,21,23)/t12-,13+,14+,18?/m1/s1. The van der Waals surface area contributed by atoms with Crippen molar-refractivity contribution in [1.29, 1.82) is 0 Å². The van der Waals surface area contributed by atoms with Gasteiger partial charge in [0.15, 0.2) is 0 Å². The van der Waals surface area contributed by atoms with E-state index >= 15 is 0 Å². The molecule has 1 heterocycles. The van der Waals surface area contributed by atoms with Crippen LogP contribution >= 0.6 is 0 Å². The van der Waals surface area contributed by atoms with Gasteiger partial charge in [0.1, 0.15) is 18.3 Å². The Morgan fingerprint density at radius 3 is 2.50 bits per heavy atom. The molecular weight excluding hydrogens is 341 g/mol. The third-order valence-electron chi connectivity index (χ3n) is 4.82. The maximum Gasteiger partial charge on any atom is 0.407 e. The summed E-state index contributed by atoms with van der Waals surface area (Å²) in [6.45, 7) is 10.7. The van der Waals surface area contributed by atoms with Crippen LogP contribution in [0, 0.1) is 5.92 Å². The highest BCUT2D eigenvalue weighted by molar-refractivity contribution is 5.92. The van der Waals surface area contributed by atoms with Crippen molar-refractivity contribution in [2.45, 2.75) is 64.3 Å². The number of nitrogens with one attached hydrogen (secondary N) is 2. The van der Waals surface area contributed by atoms with Crippen LogP contribution in [0.1, 0.15) is 40.5 Å². The number of alkyl halides is 1. The molecule has 0 aromatic rings. The second kappa shape index (κ2) is 9.00. The zero-order chi connectivity index (χ0) is 20.1. The van der Waals surface area contributed by atoms with E-state index in [1.165, 1.54) is 12.0 Å². The summed E-state index contributed by atoms with van der Waals surface area (Å²) in [6.07, 6.45) is 0.115. The number of carbonyl (C=O) groups excluding carboxylic acids is 3. The van der Waals surface area contributed by atoms with Gasteiger partial charge in [-0.15, -0.1) is 6.58 Å². The fourth-order valence-electron chi connectivity index (χ4n) is 2.80. The van der Waals surface area contributed by atoms with Crippen molar-refractivity contribution in [2.24, 2.45) is 5.92 Å². The van der Waals surface area contributed by atoms with Gasteiger partial charge < -0.3 is 20.3 Å². The number of amides is 3. The number of hydrogen-bond donors (Lipinski definition) is 2. The van der Waals surface area contributed by atoms with E-state index in [-0.39, 0.29) is 18.9 Å². The van der Waals surface area contributed by atoms with Crippen molar-refractivity contribution < 1.29 is 23.5 Å². The Labute approximate surface area is 154 Å². The van der Waals surface area contributed by atoms with E-state index in [2.05, 4.69) is 21.9 Å². The second-order valence-electron chi connectivity index (χ2n) is 7.16. The fraction of sp³-hybridized carbons (Fsp3) is 0.722. The monoisotopic (exact) mass is 371 g/mol. The quantitative estimate of drug-likeness (QED) is 0.668. The fourth-order valence-corrected chi connectivity index (χ4v) is 2.80. The molecule has 1 aliphatic rings. The van der Waals surface area contributed by atoms with E-state index in [1.807, 2.05) is 13.8 Å². The van der Waals surface area contributed by atoms with Crippen LogP contribution in [-0.2, 0) is 14.3 Å². The van der Waals surface area contributed by atoms with Crippen molar-refractivity contribution in [3.05, 3.63) is 12.7 Å². The lowest BCUT2D eigenvalue weighted by Crippen LogP contribution is -2.57. The summed E-state index contributed by atoms with van der Waals surface area (Å²) in [5, 5.41) is 5.30. The lowest BCUT2D eigenvalue weighted by atomic mass is 9.98. The number of likely N-dealkylation sites (tertiary alicyclic amines) is 1. The Bertz CT molecular complexity index is 555. The summed E-state index contributed by atoms with van der Waals surface area (Å²) in [7, 11) is 1.20. The number of methoxy groups -OCH3 is 1. The molecule has 0 saturated carbocycles. The summed E-state index contributed by atoms with van der Waals surface area (Å²) >= 11 is 0. The molecule has 3 amide bonds. The normalized spacial score (nSPS) is 23.1. The van der Waals surface area contributed by atoms with Crippen molar-refractivity contribution >= 4 is 17.9 Å². The topological polar surface area (TPSA) is 87.7 Å². The average Bonchev–Trinajstić information content (AvgIpc) is 3.00. The Morgan fingerprint density at radius 1 is 1.42 bits per heavy atom. The number of hydrogen-bond acceptors (Lipinski definition) is 4. The van der Waals surface area contributed by atoms with E-state index < -0.39 is 41.7 Å². The van der Waals surface area contributed by atoms with Crippen LogP contribution in [0.25, 0.3) is 0 Å². The highest BCUT2D eigenvalue weighted by Crippen LogP contribution is 2.24. The van der Waals surface area contributed by atoms with E-state index in [0.717, 1.165) is 0 Å². The average molecular weight is 371 g/mol. The Kier molecular flexibility index (Phi) is 7.59. The predicted octanol–water partition coefficient (Wildman–Crippen LogP) is 1.78. The van der Waals surface area contributed by atoms with Crippen molar-refractivity contribution in [1.82, 2.24) is 15.5 Å². The molecule has 2 N–H and O–H groups in total. The molecule has 7 nitrogen and oxygen atoms in total. The zero-order valence-electron chi connectivity index (χ0n) is 16.2. The number of ether oxygens (including phenoxy) is 1. The van der Waals surface area contributed by atoms with E-state index in [9.17, 15) is 18.8 Å². The first-order chi connectivity index (χ1) is 12.1. The summed E-state index contributed by atoms with van der Waals surface area (Å²) in [5.74, 6) is -1.18. The first-order valence-corrected chi connectivity index (χ1v) is 8.83. The number of nitrogens with zero attached hydrogens (tertiary/aromatic N) is 1. The zero-order valence-corrected chi connectivity index (χ0v) is 16.2. The molecule has 1 saturated heterocycles. The number of rotatable bonds is 7. The van der Waals surface area contributed by atoms with Crippen LogP contribution in [0.5, 0.6) is 0 Å². The first kappa shape index (κ1) is 21.9. The predicted molar refractivity (Wildman–Crippen MR) is 96.2 cm³/mol. The van der Waals surface area contributed by atoms with E-state index in [1.54, 1.807) is 19.9 Å². The van der Waals surface area contributed by atoms with Gasteiger partial charge in [-0.25, -0.2) is 9.18 Å². The van der Waals surface area contributed by atoms with Crippen molar-refractivity contribution in [2.75, 3.05) is 13.7 Å². The molecule has 0 aromatic heterocycles. The van der Waals surface area contributed by atoms with Crippen molar-refractivity contribution in [3.63, 3.8) is 0 Å². The van der Waals surface area contributed by atoms with Crippen LogP contribution in [0.15, 0.2) is 12.7 Å². The molecule has 0 bridgehead atoms. The number of carbonyl (C=O) groups is 3. The number of halogens is 1. The molecular formula is C18H30FN3O4. The molecule has 4 atom stereocenters. The number of alkyl carbamates (subject to hydrolysis) is 1. The second-order valence-corrected chi connectivity index (χ2v) is 7.16. The van der Waals surface area contributed by atoms with Gasteiger partial charge >= 0.3 is 6.09 Å². The SMILES string of the molecule is C=CC(C)(CC)NC(=O)[C@@H]1C[C@@H](F)CN1C(=O)[C@@H](NC(=O)OC)C(C)C. The maximum atomic E-state index is 14.0. The van der Waals surface area contributed by atoms with Gasteiger partial charge in [0.05, 0.1) is 19.2 Å². The van der Waals surface area contributed by atoms with Gasteiger partial charge in [-0.3, -0.25) is 9.59 Å². The highest BCUT2D eigenvalue weighted by Gasteiger charge is 2.43. The molecule has 8 heteroatoms. The molecule has 1 fully saturated rings. The van der Waals surface area contributed by atoms with Gasteiger partial charge in [-0.1, -0.05) is 26.8 Å². The highest BCUT2D eigenvalue weighted by atomic mass is 19.1. The van der Waals surface area contributed by atoms with E-state index in [4.69, 9.17) is 0 Å². The molecule has 1 unspecified atom stereocenters. The Balaban J connectivity index is 3.00. The molecule has 0 spiro atoms. The summed E-state index contributed by atoms with van der Waals surface area (Å²) in [5.41, 5.74) is -0.637. The molecule has 0 aromatic carbocycles. The smallest absolute Gasteiger partial charge is 0.407 e. The first-order valence-electron chi connectivity index (χ1n) is 8.83. The molecule has 1 aliphatic heterocycles. The van der Waals surface area contributed by atoms with Crippen LogP contribution in [0.2, 0.25) is 0 Å². The minimum atomic E-state index is -1.29. The van der Waals surface area contributed by atoms with Crippen LogP contribution in [0.3, 0.4) is 0 Å². The van der Waals surface area contributed by atoms with Gasteiger partial charge in [0.2, 0.25) is 11.8 Å². The van der Waals surface area contributed by atoms with Gasteiger partial charge in [-0.05, 0) is 19.3 Å².